The fourth-order valence-corrected chi connectivity index (χ4v) is 6.96. The Labute approximate surface area is 304 Å². The Morgan fingerprint density at radius 2 is 1.60 bits per heavy atom. The first-order chi connectivity index (χ1) is 24.1. The predicted molar refractivity (Wildman–Crippen MR) is 186 cm³/mol. The van der Waals surface area contributed by atoms with Crippen molar-refractivity contribution in [2.24, 2.45) is 0 Å². The highest BCUT2D eigenvalue weighted by Crippen LogP contribution is 2.26. The molecule has 17 nitrogen and oxygen atoms in total. The van der Waals surface area contributed by atoms with Crippen molar-refractivity contribution in [1.82, 2.24) is 19.8 Å². The van der Waals surface area contributed by atoms with Gasteiger partial charge in [0.25, 0.3) is 0 Å². The number of aliphatic hydroxyl groups is 1. The minimum atomic E-state index is -4.75. The number of ether oxygens (including phenoxy) is 3. The summed E-state index contributed by atoms with van der Waals surface area (Å²) in [4.78, 5) is 78.6. The van der Waals surface area contributed by atoms with Gasteiger partial charge in [0.1, 0.15) is 23.3 Å². The molecule has 0 aromatic heterocycles. The largest absolute Gasteiger partial charge is 0.481 e. The quantitative estimate of drug-likeness (QED) is 0.108. The third-order valence-corrected chi connectivity index (χ3v) is 9.30. The van der Waals surface area contributed by atoms with Crippen molar-refractivity contribution in [2.45, 2.75) is 121 Å². The highest BCUT2D eigenvalue weighted by Gasteiger charge is 2.47. The van der Waals surface area contributed by atoms with Crippen LogP contribution in [0.5, 0.6) is 0 Å². The second-order valence-corrected chi connectivity index (χ2v) is 16.2. The number of likely N-dealkylation sites (tertiary alicyclic amines) is 1. The van der Waals surface area contributed by atoms with Crippen LogP contribution >= 0.6 is 0 Å². The summed E-state index contributed by atoms with van der Waals surface area (Å²) in [5.41, 5.74) is -1.67. The Balaban J connectivity index is 2.35. The summed E-state index contributed by atoms with van der Waals surface area (Å²) in [7, 11) is -3.69. The molecule has 0 saturated carbocycles. The maximum atomic E-state index is 14.2. The van der Waals surface area contributed by atoms with Gasteiger partial charge in [0, 0.05) is 13.1 Å². The Hall–Kier alpha value is -4.45. The lowest BCUT2D eigenvalue weighted by Crippen LogP contribution is -2.58. The van der Waals surface area contributed by atoms with Gasteiger partial charge in [-0.1, -0.05) is 30.3 Å². The van der Waals surface area contributed by atoms with E-state index >= 15 is 0 Å². The molecule has 4 amide bonds. The number of unbranched alkanes of at least 4 members (excludes halogenated alkanes) is 1. The zero-order valence-electron chi connectivity index (χ0n) is 30.7. The van der Waals surface area contributed by atoms with Crippen molar-refractivity contribution in [3.05, 3.63) is 35.9 Å². The first kappa shape index (κ1) is 43.7. The topological polar surface area (TPSA) is 235 Å². The van der Waals surface area contributed by atoms with Gasteiger partial charge in [-0.15, -0.1) is 0 Å². The summed E-state index contributed by atoms with van der Waals surface area (Å²) < 4.78 is 43.0. The summed E-state index contributed by atoms with van der Waals surface area (Å²) in [6.07, 6.45) is -3.96. The van der Waals surface area contributed by atoms with Crippen molar-refractivity contribution < 1.29 is 61.6 Å². The Bertz CT molecular complexity index is 1520. The fourth-order valence-electron chi connectivity index (χ4n) is 5.39. The molecule has 0 spiro atoms. The second kappa shape index (κ2) is 18.9. The number of benzene rings is 1. The van der Waals surface area contributed by atoms with Gasteiger partial charge in [-0.05, 0) is 79.2 Å². The van der Waals surface area contributed by atoms with Gasteiger partial charge in [-0.3, -0.25) is 14.4 Å². The predicted octanol–water partition coefficient (Wildman–Crippen LogP) is 2.30. The summed E-state index contributed by atoms with van der Waals surface area (Å²) >= 11 is 0. The number of amides is 4. The number of hydrogen-bond donors (Lipinski definition) is 4. The average molecular weight is 757 g/mol. The lowest BCUT2D eigenvalue weighted by atomic mass is 10.0. The number of carbonyl (C=O) groups is 6. The molecule has 1 aliphatic heterocycles. The molecular weight excluding hydrogens is 704 g/mol. The molecule has 1 aromatic carbocycles. The van der Waals surface area contributed by atoms with Crippen molar-refractivity contribution >= 4 is 46.0 Å². The molecule has 1 fully saturated rings. The second-order valence-electron chi connectivity index (χ2n) is 14.3. The van der Waals surface area contributed by atoms with Crippen LogP contribution in [0, 0.1) is 0 Å². The van der Waals surface area contributed by atoms with E-state index in [0.29, 0.717) is 12.8 Å². The molecule has 0 bridgehead atoms. The van der Waals surface area contributed by atoms with Crippen LogP contribution in [-0.2, 0) is 49.2 Å². The zero-order chi connectivity index (χ0) is 39.4. The number of carboxylic acids is 1. The number of nitrogens with one attached hydrogen (secondary N) is 2. The zero-order valence-corrected chi connectivity index (χ0v) is 31.6. The van der Waals surface area contributed by atoms with E-state index in [0.717, 1.165) is 12.0 Å². The SMILES string of the molecule is COC(=O)C(O)[C@H](CCCCNC(=O)OC(C)(C)C)NC(=O)[C@@H]1CCCN1C(=O)[C@H](CC(=O)O)N(C(=O)OC(C)(C)C)S(=O)(=O)Cc1ccccc1. The molecule has 52 heavy (non-hydrogen) atoms. The summed E-state index contributed by atoms with van der Waals surface area (Å²) in [6, 6.07) is 3.16. The monoisotopic (exact) mass is 756 g/mol. The van der Waals surface area contributed by atoms with Crippen molar-refractivity contribution in [1.29, 1.82) is 0 Å². The first-order valence-electron chi connectivity index (χ1n) is 16.9. The van der Waals surface area contributed by atoms with E-state index in [2.05, 4.69) is 15.4 Å². The number of alkyl carbamates (subject to hydrolysis) is 1. The Morgan fingerprint density at radius 3 is 2.15 bits per heavy atom. The van der Waals surface area contributed by atoms with E-state index in [4.69, 9.17) is 9.47 Å². The highest BCUT2D eigenvalue weighted by molar-refractivity contribution is 7.88. The molecule has 1 unspecified atom stereocenters. The molecule has 18 heteroatoms. The van der Waals surface area contributed by atoms with Gasteiger partial charge < -0.3 is 40.0 Å². The number of hydrogen-bond acceptors (Lipinski definition) is 12. The average Bonchev–Trinajstić information content (AvgIpc) is 3.51. The van der Waals surface area contributed by atoms with E-state index in [1.807, 2.05) is 0 Å². The van der Waals surface area contributed by atoms with Crippen LogP contribution in [0.2, 0.25) is 0 Å². The third-order valence-electron chi connectivity index (χ3n) is 7.60. The maximum absolute atomic E-state index is 14.2. The molecule has 4 N–H and O–H groups in total. The summed E-state index contributed by atoms with van der Waals surface area (Å²) in [5, 5.41) is 25.7. The summed E-state index contributed by atoms with van der Waals surface area (Å²) in [5.74, 6) is -5.32. The van der Waals surface area contributed by atoms with Crippen LogP contribution in [0.25, 0.3) is 0 Å². The van der Waals surface area contributed by atoms with Crippen molar-refractivity contribution in [3.8, 4) is 0 Å². The number of carbonyl (C=O) groups excluding carboxylic acids is 5. The van der Waals surface area contributed by atoms with Crippen molar-refractivity contribution in [3.63, 3.8) is 0 Å². The highest BCUT2D eigenvalue weighted by atomic mass is 32.2. The standard InChI is InChI=1S/C34H52N4O13S/c1-33(2,3)50-31(45)35-18-12-11-16-23(27(41)30(44)49-7)36-28(42)24-17-13-19-37(24)29(43)25(20-26(39)40)38(32(46)51-34(4,5)6)52(47,48)21-22-14-9-8-10-15-22/h8-10,14-15,23-25,27,41H,11-13,16-21H2,1-7H3,(H,35,45)(H,36,42)(H,39,40)/t23-,24-,25-,27?/m0/s1. The molecule has 292 valence electrons. The lowest BCUT2D eigenvalue weighted by molar-refractivity contribution is -0.153. The van der Waals surface area contributed by atoms with E-state index in [1.165, 1.54) is 32.9 Å². The van der Waals surface area contributed by atoms with Crippen LogP contribution in [0.4, 0.5) is 9.59 Å². The molecule has 0 radical (unpaired) electrons. The van der Waals surface area contributed by atoms with Gasteiger partial charge in [0.15, 0.2) is 6.10 Å². The minimum Gasteiger partial charge on any atom is -0.481 e. The number of methoxy groups -OCH3 is 1. The molecule has 0 aliphatic carbocycles. The molecule has 2 rings (SSSR count). The van der Waals surface area contributed by atoms with Gasteiger partial charge in [-0.2, -0.15) is 4.31 Å². The minimum absolute atomic E-state index is 0.0461. The molecule has 1 aliphatic rings. The number of aliphatic carboxylic acids is 1. The molecule has 1 saturated heterocycles. The third kappa shape index (κ3) is 13.9. The smallest absolute Gasteiger partial charge is 0.424 e. The lowest BCUT2D eigenvalue weighted by Gasteiger charge is -2.35. The van der Waals surface area contributed by atoms with Gasteiger partial charge in [0.2, 0.25) is 21.8 Å². The van der Waals surface area contributed by atoms with Gasteiger partial charge in [-0.25, -0.2) is 22.8 Å². The van der Waals surface area contributed by atoms with Crippen molar-refractivity contribution in [2.75, 3.05) is 20.2 Å². The molecule has 1 aromatic rings. The number of esters is 1. The number of nitrogens with zero attached hydrogens (tertiary/aromatic N) is 2. The number of carboxylic acid groups (broad SMARTS) is 1. The Morgan fingerprint density at radius 1 is 0.981 bits per heavy atom. The van der Waals surface area contributed by atoms with Gasteiger partial charge in [0.05, 0.1) is 25.3 Å². The van der Waals surface area contributed by atoms with E-state index in [-0.39, 0.29) is 42.2 Å². The van der Waals surface area contributed by atoms with Crippen LogP contribution in [0.15, 0.2) is 30.3 Å². The summed E-state index contributed by atoms with van der Waals surface area (Å²) in [6.45, 7) is 9.66. The Kier molecular flexibility index (Phi) is 15.9. The van der Waals surface area contributed by atoms with Crippen LogP contribution in [0.1, 0.15) is 85.6 Å². The van der Waals surface area contributed by atoms with Crippen LogP contribution < -0.4 is 10.6 Å². The van der Waals surface area contributed by atoms with E-state index < -0.39 is 93.6 Å². The fraction of sp³-hybridized carbons (Fsp3) is 0.647. The van der Waals surface area contributed by atoms with Crippen LogP contribution in [0.3, 0.4) is 0 Å². The maximum Gasteiger partial charge on any atom is 0.424 e. The molecule has 4 atom stereocenters. The molecular formula is C34H52N4O13S. The van der Waals surface area contributed by atoms with Gasteiger partial charge >= 0.3 is 24.1 Å². The first-order valence-corrected chi connectivity index (χ1v) is 18.5. The number of sulfonamides is 1. The molecule has 1 heterocycles. The van der Waals surface area contributed by atoms with E-state index in [9.17, 15) is 47.4 Å². The van der Waals surface area contributed by atoms with Crippen LogP contribution in [-0.4, -0.2) is 119 Å². The van der Waals surface area contributed by atoms with E-state index in [1.54, 1.807) is 39.0 Å². The number of rotatable bonds is 16. The number of aliphatic hydroxyl groups excluding tert-OH is 1. The normalized spacial score (nSPS) is 16.5.